The maximum atomic E-state index is 14.6. The number of H-pyrrole nitrogens is 1. The van der Waals surface area contributed by atoms with Gasteiger partial charge >= 0.3 is 0 Å². The third kappa shape index (κ3) is 4.88. The first-order valence-electron chi connectivity index (χ1n) is 11.1. The second-order valence-electron chi connectivity index (χ2n) is 8.25. The summed E-state index contributed by atoms with van der Waals surface area (Å²) in [4.78, 5) is 38.7. The minimum atomic E-state index is -0.662. The van der Waals surface area contributed by atoms with Crippen LogP contribution in [0.2, 0.25) is 5.02 Å². The Kier molecular flexibility index (Phi) is 7.08. The quantitative estimate of drug-likeness (QED) is 0.551. The number of rotatable bonds is 6. The Balaban J connectivity index is 1.44. The van der Waals surface area contributed by atoms with Crippen LogP contribution in [0.3, 0.4) is 0 Å². The smallest absolute Gasteiger partial charge is 0.272 e. The number of halogens is 3. The van der Waals surface area contributed by atoms with Crippen molar-refractivity contribution in [3.63, 3.8) is 0 Å². The van der Waals surface area contributed by atoms with Crippen molar-refractivity contribution in [1.82, 2.24) is 25.2 Å². The van der Waals surface area contributed by atoms with E-state index < -0.39 is 23.1 Å². The summed E-state index contributed by atoms with van der Waals surface area (Å²) in [7, 11) is 0. The van der Waals surface area contributed by atoms with Gasteiger partial charge in [0, 0.05) is 45.3 Å². The Morgan fingerprint density at radius 1 is 1.21 bits per heavy atom. The van der Waals surface area contributed by atoms with Gasteiger partial charge in [-0.2, -0.15) is 0 Å². The molecule has 0 radical (unpaired) electrons. The lowest BCUT2D eigenvalue weighted by atomic mass is 10.1. The first-order valence-corrected chi connectivity index (χ1v) is 11.4. The van der Waals surface area contributed by atoms with Crippen LogP contribution >= 0.6 is 11.6 Å². The Labute approximate surface area is 199 Å². The molecule has 3 aromatic rings. The van der Waals surface area contributed by atoms with E-state index in [1.54, 1.807) is 0 Å². The fourth-order valence-corrected chi connectivity index (χ4v) is 4.18. The number of nitrogens with one attached hydrogen (secondary N) is 2. The summed E-state index contributed by atoms with van der Waals surface area (Å²) in [6.07, 6.45) is 2.25. The number of hydrogen-bond donors (Lipinski definition) is 2. The first kappa shape index (κ1) is 24.0. The molecule has 3 heterocycles. The van der Waals surface area contributed by atoms with E-state index in [4.69, 9.17) is 11.6 Å². The van der Waals surface area contributed by atoms with E-state index in [1.807, 2.05) is 11.8 Å². The number of aromatic nitrogens is 3. The van der Waals surface area contributed by atoms with E-state index in [-0.39, 0.29) is 27.4 Å². The van der Waals surface area contributed by atoms with Crippen molar-refractivity contribution in [2.75, 3.05) is 37.6 Å². The maximum absolute atomic E-state index is 14.6. The second kappa shape index (κ2) is 10.0. The monoisotopic (exact) mass is 490 g/mol. The summed E-state index contributed by atoms with van der Waals surface area (Å²) < 4.78 is 29.1. The Hall–Kier alpha value is -3.11. The molecule has 1 aliphatic rings. The Morgan fingerprint density at radius 2 is 1.94 bits per heavy atom. The summed E-state index contributed by atoms with van der Waals surface area (Å²) in [6.45, 7) is 6.70. The molecule has 34 heavy (non-hydrogen) atoms. The predicted molar refractivity (Wildman–Crippen MR) is 126 cm³/mol. The lowest BCUT2D eigenvalue weighted by molar-refractivity contribution is 0.0944. The van der Waals surface area contributed by atoms with Gasteiger partial charge in [0.25, 0.3) is 11.5 Å². The van der Waals surface area contributed by atoms with Gasteiger partial charge in [-0.15, -0.1) is 0 Å². The molecular formula is C23H25ClF2N6O2. The fraction of sp³-hybridized carbons (Fsp3) is 0.391. The van der Waals surface area contributed by atoms with Crippen LogP contribution < -0.4 is 15.8 Å². The number of aryl methyl sites for hydroxylation is 1. The molecule has 1 saturated heterocycles. The number of fused-ring (bicyclic) bond motifs is 1. The van der Waals surface area contributed by atoms with Crippen molar-refractivity contribution in [2.45, 2.75) is 26.8 Å². The topological polar surface area (TPSA) is 94.2 Å². The van der Waals surface area contributed by atoms with Gasteiger partial charge in [0.1, 0.15) is 11.2 Å². The number of carbonyl (C=O) groups excluding carboxylic acids is 1. The summed E-state index contributed by atoms with van der Waals surface area (Å²) in [6, 6.07) is 2.67. The zero-order chi connectivity index (χ0) is 24.4. The number of piperazine rings is 1. The molecule has 0 atom stereocenters. The van der Waals surface area contributed by atoms with Crippen LogP contribution in [0.5, 0.6) is 0 Å². The largest absolute Gasteiger partial charge is 0.368 e. The van der Waals surface area contributed by atoms with Crippen LogP contribution in [-0.2, 0) is 6.54 Å². The molecule has 180 valence electrons. The third-order valence-corrected chi connectivity index (χ3v) is 6.25. The highest BCUT2D eigenvalue weighted by atomic mass is 35.5. The van der Waals surface area contributed by atoms with Gasteiger partial charge in [-0.3, -0.25) is 14.5 Å². The fourth-order valence-electron chi connectivity index (χ4n) is 3.92. The van der Waals surface area contributed by atoms with Crippen LogP contribution in [0.1, 0.15) is 35.1 Å². The molecule has 2 aromatic heterocycles. The Bertz CT molecular complexity index is 1290. The van der Waals surface area contributed by atoms with E-state index in [1.165, 1.54) is 25.3 Å². The molecule has 0 saturated carbocycles. The SMILES string of the molecule is CCCNC(=O)c1ncc(N2CCN(Cc3cc(F)c4nc(C)c(=O)[nH]c4c3Cl)CC2)cc1F. The van der Waals surface area contributed by atoms with Gasteiger partial charge in [-0.05, 0) is 25.0 Å². The van der Waals surface area contributed by atoms with Gasteiger partial charge in [0.15, 0.2) is 17.3 Å². The standard InChI is InChI=1S/C23H25ClF2N6O2/c1-3-4-27-23(34)20-17(26)10-15(11-28-20)32-7-5-31(6-8-32)12-14-9-16(25)19-21(18(14)24)30-22(33)13(2)29-19/h9-11H,3-8,12H2,1-2H3,(H,27,34)(H,30,33). The molecule has 1 aromatic carbocycles. The van der Waals surface area contributed by atoms with Crippen molar-refractivity contribution < 1.29 is 13.6 Å². The zero-order valence-electron chi connectivity index (χ0n) is 18.9. The Morgan fingerprint density at radius 3 is 2.62 bits per heavy atom. The maximum Gasteiger partial charge on any atom is 0.272 e. The van der Waals surface area contributed by atoms with Crippen LogP contribution in [0.25, 0.3) is 11.0 Å². The number of hydrogen-bond acceptors (Lipinski definition) is 6. The van der Waals surface area contributed by atoms with E-state index in [0.717, 1.165) is 6.42 Å². The van der Waals surface area contributed by atoms with E-state index in [9.17, 15) is 18.4 Å². The van der Waals surface area contributed by atoms with Gasteiger partial charge in [-0.25, -0.2) is 18.7 Å². The number of amides is 1. The lowest BCUT2D eigenvalue weighted by Gasteiger charge is -2.36. The number of carbonyl (C=O) groups is 1. The van der Waals surface area contributed by atoms with Crippen molar-refractivity contribution in [2.24, 2.45) is 0 Å². The summed E-state index contributed by atoms with van der Waals surface area (Å²) in [5, 5.41) is 2.89. The number of nitrogens with zero attached hydrogens (tertiary/aromatic N) is 4. The molecule has 0 aliphatic carbocycles. The highest BCUT2D eigenvalue weighted by Crippen LogP contribution is 2.28. The number of benzene rings is 1. The molecule has 11 heteroatoms. The van der Waals surface area contributed by atoms with Gasteiger partial charge < -0.3 is 15.2 Å². The molecule has 2 N–H and O–H groups in total. The third-order valence-electron chi connectivity index (χ3n) is 5.82. The molecular weight excluding hydrogens is 466 g/mol. The van der Waals surface area contributed by atoms with Crippen LogP contribution in [0, 0.1) is 18.6 Å². The summed E-state index contributed by atoms with van der Waals surface area (Å²) >= 11 is 6.47. The van der Waals surface area contributed by atoms with Crippen LogP contribution in [0.15, 0.2) is 23.1 Å². The lowest BCUT2D eigenvalue weighted by Crippen LogP contribution is -2.46. The number of anilines is 1. The minimum Gasteiger partial charge on any atom is -0.368 e. The van der Waals surface area contributed by atoms with E-state index in [0.29, 0.717) is 50.5 Å². The normalized spacial score (nSPS) is 14.6. The number of pyridine rings is 1. The van der Waals surface area contributed by atoms with Gasteiger partial charge in [-0.1, -0.05) is 18.5 Å². The van der Waals surface area contributed by atoms with Crippen LogP contribution in [0.4, 0.5) is 14.5 Å². The van der Waals surface area contributed by atoms with E-state index >= 15 is 0 Å². The predicted octanol–water partition coefficient (Wildman–Crippen LogP) is 3.02. The van der Waals surface area contributed by atoms with E-state index in [2.05, 4.69) is 25.2 Å². The van der Waals surface area contributed by atoms with Gasteiger partial charge in [0.05, 0.1) is 22.4 Å². The van der Waals surface area contributed by atoms with Crippen molar-refractivity contribution in [3.05, 3.63) is 62.3 Å². The van der Waals surface area contributed by atoms with Crippen LogP contribution in [-0.4, -0.2) is 58.5 Å². The average Bonchev–Trinajstić information content (AvgIpc) is 2.82. The van der Waals surface area contributed by atoms with Crippen molar-refractivity contribution in [1.29, 1.82) is 0 Å². The molecule has 1 fully saturated rings. The molecule has 0 spiro atoms. The summed E-state index contributed by atoms with van der Waals surface area (Å²) in [5.74, 6) is -1.73. The zero-order valence-corrected chi connectivity index (χ0v) is 19.7. The highest BCUT2D eigenvalue weighted by molar-refractivity contribution is 6.35. The first-order chi connectivity index (χ1) is 16.3. The van der Waals surface area contributed by atoms with Crippen molar-refractivity contribution >= 4 is 34.2 Å². The summed E-state index contributed by atoms with van der Waals surface area (Å²) in [5.41, 5.74) is 0.926. The molecule has 0 unspecified atom stereocenters. The molecule has 1 aliphatic heterocycles. The van der Waals surface area contributed by atoms with Crippen molar-refractivity contribution in [3.8, 4) is 0 Å². The second-order valence-corrected chi connectivity index (χ2v) is 8.63. The number of aromatic amines is 1. The minimum absolute atomic E-state index is 0.0389. The highest BCUT2D eigenvalue weighted by Gasteiger charge is 2.22. The average molecular weight is 491 g/mol. The molecule has 8 nitrogen and oxygen atoms in total. The molecule has 1 amide bonds. The molecule has 0 bridgehead atoms. The molecule has 4 rings (SSSR count). The van der Waals surface area contributed by atoms with Gasteiger partial charge in [0.2, 0.25) is 0 Å².